The lowest BCUT2D eigenvalue weighted by Crippen LogP contribution is -2.31. The summed E-state index contributed by atoms with van der Waals surface area (Å²) in [5.41, 5.74) is 1.47. The van der Waals surface area contributed by atoms with Gasteiger partial charge in [-0.05, 0) is 44.4 Å². The third-order valence-electron chi connectivity index (χ3n) is 4.77. The van der Waals surface area contributed by atoms with Crippen LogP contribution in [0.2, 0.25) is 0 Å². The van der Waals surface area contributed by atoms with Crippen LogP contribution in [-0.4, -0.2) is 39.8 Å². The zero-order chi connectivity index (χ0) is 21.1. The van der Waals surface area contributed by atoms with Gasteiger partial charge in [0, 0.05) is 6.54 Å². The van der Waals surface area contributed by atoms with E-state index in [0.29, 0.717) is 35.9 Å². The second-order valence-electron chi connectivity index (χ2n) is 7.06. The number of aromatic nitrogens is 1. The number of hydrogen-bond acceptors (Lipinski definition) is 6. The fourth-order valence-electron chi connectivity index (χ4n) is 3.56. The molecule has 0 fully saturated rings. The van der Waals surface area contributed by atoms with E-state index in [1.807, 2.05) is 45.0 Å². The molecule has 0 bridgehead atoms. The van der Waals surface area contributed by atoms with Crippen molar-refractivity contribution in [3.8, 4) is 5.75 Å². The highest BCUT2D eigenvalue weighted by atomic mass is 32.1. The number of hydrogen-bond donors (Lipinski definition) is 1. The normalized spacial score (nSPS) is 16.6. The Morgan fingerprint density at radius 3 is 2.66 bits per heavy atom. The van der Waals surface area contributed by atoms with Crippen LogP contribution in [0.25, 0.3) is 0 Å². The van der Waals surface area contributed by atoms with Crippen molar-refractivity contribution in [1.29, 1.82) is 0 Å². The van der Waals surface area contributed by atoms with Gasteiger partial charge in [-0.1, -0.05) is 26.0 Å². The van der Waals surface area contributed by atoms with Gasteiger partial charge in [0.2, 0.25) is 5.78 Å². The van der Waals surface area contributed by atoms with Crippen molar-refractivity contribution >= 4 is 23.0 Å². The van der Waals surface area contributed by atoms with Gasteiger partial charge in [0.15, 0.2) is 5.76 Å². The molecular weight excluding hydrogens is 388 g/mol. The number of thiazole rings is 1. The van der Waals surface area contributed by atoms with Crippen molar-refractivity contribution in [3.05, 3.63) is 56.7 Å². The minimum atomic E-state index is -0.651. The van der Waals surface area contributed by atoms with E-state index in [2.05, 4.69) is 4.98 Å². The van der Waals surface area contributed by atoms with E-state index in [0.717, 1.165) is 17.0 Å². The highest BCUT2D eigenvalue weighted by Gasteiger charge is 2.44. The molecule has 0 spiro atoms. The molecule has 1 N–H and O–H groups in total. The molecule has 2 heterocycles. The highest BCUT2D eigenvalue weighted by molar-refractivity contribution is 7.14. The van der Waals surface area contributed by atoms with Crippen molar-refractivity contribution in [1.82, 2.24) is 9.88 Å². The third kappa shape index (κ3) is 4.05. The first kappa shape index (κ1) is 21.0. The van der Waals surface area contributed by atoms with Gasteiger partial charge in [-0.25, -0.2) is 4.98 Å². The standard InChI is InChI=1S/C22H26N2O4S/c1-5-10-24-18(15-8-7-9-16(12-15)28-11-6-2)17(20(26)22(24)27)19(25)21-13(3)23-14(4)29-21/h7-9,12,18,26H,5-6,10-11H2,1-4H3. The van der Waals surface area contributed by atoms with Gasteiger partial charge in [0.1, 0.15) is 5.75 Å². The van der Waals surface area contributed by atoms with Gasteiger partial charge < -0.3 is 14.7 Å². The smallest absolute Gasteiger partial charge is 0.290 e. The lowest BCUT2D eigenvalue weighted by atomic mass is 9.95. The number of rotatable bonds is 8. The van der Waals surface area contributed by atoms with E-state index in [4.69, 9.17) is 4.74 Å². The Kier molecular flexibility index (Phi) is 6.37. The van der Waals surface area contributed by atoms with Crippen LogP contribution >= 0.6 is 11.3 Å². The zero-order valence-electron chi connectivity index (χ0n) is 17.2. The van der Waals surface area contributed by atoms with E-state index < -0.39 is 17.7 Å². The minimum absolute atomic E-state index is 0.114. The molecule has 1 aliphatic heterocycles. The van der Waals surface area contributed by atoms with Crippen molar-refractivity contribution in [2.45, 2.75) is 46.6 Å². The molecule has 7 heteroatoms. The number of carbonyl (C=O) groups excluding carboxylic acids is 2. The molecular formula is C22H26N2O4S. The van der Waals surface area contributed by atoms with Crippen molar-refractivity contribution in [2.24, 2.45) is 0 Å². The van der Waals surface area contributed by atoms with Crippen LogP contribution in [0.4, 0.5) is 0 Å². The molecule has 1 atom stereocenters. The average molecular weight is 415 g/mol. The molecule has 0 saturated heterocycles. The fraction of sp³-hybridized carbons (Fsp3) is 0.409. The minimum Gasteiger partial charge on any atom is -0.503 e. The van der Waals surface area contributed by atoms with E-state index in [-0.39, 0.29) is 11.4 Å². The van der Waals surface area contributed by atoms with E-state index >= 15 is 0 Å². The highest BCUT2D eigenvalue weighted by Crippen LogP contribution is 2.40. The Balaban J connectivity index is 2.08. The lowest BCUT2D eigenvalue weighted by molar-refractivity contribution is -0.129. The summed E-state index contributed by atoms with van der Waals surface area (Å²) in [6.45, 7) is 8.60. The molecule has 0 saturated carbocycles. The quantitative estimate of drug-likeness (QED) is 0.642. The number of benzene rings is 1. The maximum atomic E-state index is 13.4. The first-order valence-corrected chi connectivity index (χ1v) is 10.7. The Labute approximate surface area is 174 Å². The van der Waals surface area contributed by atoms with Crippen LogP contribution in [0.15, 0.2) is 35.6 Å². The monoisotopic (exact) mass is 414 g/mol. The lowest BCUT2D eigenvalue weighted by Gasteiger charge is -2.26. The van der Waals surface area contributed by atoms with Gasteiger partial charge in [0.25, 0.3) is 5.91 Å². The second kappa shape index (κ2) is 8.78. The van der Waals surface area contributed by atoms with Crippen molar-refractivity contribution in [3.63, 3.8) is 0 Å². The first-order valence-electron chi connectivity index (χ1n) is 9.84. The third-order valence-corrected chi connectivity index (χ3v) is 5.84. The van der Waals surface area contributed by atoms with E-state index in [1.54, 1.807) is 11.8 Å². The number of amides is 1. The number of nitrogens with zero attached hydrogens (tertiary/aromatic N) is 2. The molecule has 0 radical (unpaired) electrons. The van der Waals surface area contributed by atoms with Gasteiger partial charge >= 0.3 is 0 Å². The average Bonchev–Trinajstić information content (AvgIpc) is 3.17. The van der Waals surface area contributed by atoms with Crippen LogP contribution in [0, 0.1) is 13.8 Å². The molecule has 6 nitrogen and oxygen atoms in total. The number of carbonyl (C=O) groups is 2. The topological polar surface area (TPSA) is 79.7 Å². The predicted octanol–water partition coefficient (Wildman–Crippen LogP) is 4.54. The number of aryl methyl sites for hydroxylation is 2. The molecule has 1 aromatic carbocycles. The number of aliphatic hydroxyl groups excluding tert-OH is 1. The first-order chi connectivity index (χ1) is 13.9. The van der Waals surface area contributed by atoms with Gasteiger partial charge in [-0.15, -0.1) is 11.3 Å². The summed E-state index contributed by atoms with van der Waals surface area (Å²) in [4.78, 5) is 32.5. The van der Waals surface area contributed by atoms with Crippen molar-refractivity contribution in [2.75, 3.05) is 13.2 Å². The summed E-state index contributed by atoms with van der Waals surface area (Å²) in [6.07, 6.45) is 1.59. The number of ether oxygens (including phenoxy) is 1. The van der Waals surface area contributed by atoms with Gasteiger partial charge in [0.05, 0.1) is 33.8 Å². The molecule has 154 valence electrons. The molecule has 29 heavy (non-hydrogen) atoms. The van der Waals surface area contributed by atoms with Crippen LogP contribution in [0.1, 0.15) is 58.7 Å². The largest absolute Gasteiger partial charge is 0.503 e. The van der Waals surface area contributed by atoms with Gasteiger partial charge in [-0.3, -0.25) is 9.59 Å². The van der Waals surface area contributed by atoms with Crippen LogP contribution in [-0.2, 0) is 4.79 Å². The van der Waals surface area contributed by atoms with Crippen LogP contribution < -0.4 is 4.74 Å². The summed E-state index contributed by atoms with van der Waals surface area (Å²) in [7, 11) is 0. The fourth-order valence-corrected chi connectivity index (χ4v) is 4.44. The second-order valence-corrected chi connectivity index (χ2v) is 8.26. The van der Waals surface area contributed by atoms with Gasteiger partial charge in [-0.2, -0.15) is 0 Å². The summed E-state index contributed by atoms with van der Waals surface area (Å²) < 4.78 is 5.73. The Morgan fingerprint density at radius 1 is 1.28 bits per heavy atom. The molecule has 1 aromatic heterocycles. The SMILES string of the molecule is CCCOc1cccc(C2C(C(=O)c3sc(C)nc3C)=C(O)C(=O)N2CCC)c1. The molecule has 1 aliphatic rings. The molecule has 1 unspecified atom stereocenters. The van der Waals surface area contributed by atoms with E-state index in [9.17, 15) is 14.7 Å². The Hall–Kier alpha value is -2.67. The predicted molar refractivity (Wildman–Crippen MR) is 113 cm³/mol. The summed E-state index contributed by atoms with van der Waals surface area (Å²) >= 11 is 1.28. The Bertz CT molecular complexity index is 963. The summed E-state index contributed by atoms with van der Waals surface area (Å²) in [5, 5.41) is 11.4. The summed E-state index contributed by atoms with van der Waals surface area (Å²) in [5.74, 6) is -0.656. The van der Waals surface area contributed by atoms with Crippen LogP contribution in [0.3, 0.4) is 0 Å². The number of aliphatic hydroxyl groups is 1. The molecule has 0 aliphatic carbocycles. The number of Topliss-reactive ketones (excluding diaryl/α,β-unsaturated/α-hetero) is 1. The zero-order valence-corrected chi connectivity index (χ0v) is 18.0. The van der Waals surface area contributed by atoms with Crippen molar-refractivity contribution < 1.29 is 19.4 Å². The number of ketones is 1. The van der Waals surface area contributed by atoms with E-state index in [1.165, 1.54) is 11.3 Å². The Morgan fingerprint density at radius 2 is 2.03 bits per heavy atom. The molecule has 3 rings (SSSR count). The van der Waals surface area contributed by atoms with Crippen LogP contribution in [0.5, 0.6) is 5.75 Å². The maximum absolute atomic E-state index is 13.4. The molecule has 2 aromatic rings. The maximum Gasteiger partial charge on any atom is 0.290 e. The molecule has 1 amide bonds. The summed E-state index contributed by atoms with van der Waals surface area (Å²) in [6, 6.07) is 6.74.